The molecule has 1 saturated heterocycles. The number of imidazole rings is 1. The zero-order valence-electron chi connectivity index (χ0n) is 18.6. The molecule has 1 N–H and O–H groups in total. The van der Waals surface area contributed by atoms with Gasteiger partial charge in [-0.2, -0.15) is 0 Å². The Kier molecular flexibility index (Phi) is 7.98. The van der Waals surface area contributed by atoms with Gasteiger partial charge in [0.25, 0.3) is 6.47 Å². The summed E-state index contributed by atoms with van der Waals surface area (Å²) in [5.41, 5.74) is 2.20. The number of benzene rings is 1. The number of rotatable bonds is 5. The molecular formula is C22H27ClFN5O3. The average Bonchev–Trinajstić information content (AvgIpc) is 3.12. The van der Waals surface area contributed by atoms with E-state index in [1.165, 1.54) is 13.2 Å². The summed E-state index contributed by atoms with van der Waals surface area (Å²) in [5.74, 6) is 0.876. The molecule has 3 heterocycles. The first-order valence-electron chi connectivity index (χ1n) is 10.4. The van der Waals surface area contributed by atoms with Crippen molar-refractivity contribution in [2.45, 2.75) is 45.7 Å². The number of nitrogens with one attached hydrogen (secondary N) is 1. The average molecular weight is 464 g/mol. The summed E-state index contributed by atoms with van der Waals surface area (Å²) >= 11 is 6.37. The van der Waals surface area contributed by atoms with Crippen molar-refractivity contribution in [3.8, 4) is 11.3 Å². The van der Waals surface area contributed by atoms with Crippen molar-refractivity contribution in [1.29, 1.82) is 0 Å². The number of methoxy groups -OCH3 is 1. The SMILES string of the molecule is COC=O.Cc1nc2c(F)cc(-c3nc(NC4CCOCC4)ncc3Cl)cc2n1C(C)C. The normalized spacial score (nSPS) is 14.2. The molecule has 10 heteroatoms. The van der Waals surface area contributed by atoms with Gasteiger partial charge < -0.3 is 19.4 Å². The number of carbonyl (C=O) groups is 1. The molecule has 172 valence electrons. The summed E-state index contributed by atoms with van der Waals surface area (Å²) in [6.07, 6.45) is 3.35. The molecule has 1 aliphatic heterocycles. The lowest BCUT2D eigenvalue weighted by molar-refractivity contribution is -0.126. The highest BCUT2D eigenvalue weighted by atomic mass is 35.5. The van der Waals surface area contributed by atoms with Crippen LogP contribution in [0.25, 0.3) is 22.3 Å². The summed E-state index contributed by atoms with van der Waals surface area (Å²) in [4.78, 5) is 22.2. The van der Waals surface area contributed by atoms with Crippen LogP contribution in [-0.2, 0) is 14.3 Å². The second-order valence-electron chi connectivity index (χ2n) is 7.70. The van der Waals surface area contributed by atoms with E-state index in [-0.39, 0.29) is 17.9 Å². The third-order valence-corrected chi connectivity index (χ3v) is 5.39. The largest absolute Gasteiger partial charge is 0.471 e. The summed E-state index contributed by atoms with van der Waals surface area (Å²) in [7, 11) is 1.31. The number of hydrogen-bond acceptors (Lipinski definition) is 7. The fourth-order valence-electron chi connectivity index (χ4n) is 3.72. The lowest BCUT2D eigenvalue weighted by Gasteiger charge is -2.23. The van der Waals surface area contributed by atoms with E-state index < -0.39 is 0 Å². The van der Waals surface area contributed by atoms with Gasteiger partial charge in [-0.25, -0.2) is 19.3 Å². The fourth-order valence-corrected chi connectivity index (χ4v) is 3.92. The van der Waals surface area contributed by atoms with Gasteiger partial charge in [0.15, 0.2) is 5.82 Å². The van der Waals surface area contributed by atoms with Crippen LogP contribution in [0.15, 0.2) is 18.3 Å². The number of aryl methyl sites for hydroxylation is 1. The van der Waals surface area contributed by atoms with Crippen molar-refractivity contribution in [2.24, 2.45) is 0 Å². The summed E-state index contributed by atoms with van der Waals surface area (Å²) in [6.45, 7) is 7.79. The number of carbonyl (C=O) groups excluding carboxylic acids is 1. The molecule has 0 bridgehead atoms. The zero-order chi connectivity index (χ0) is 23.3. The van der Waals surface area contributed by atoms with Crippen molar-refractivity contribution in [2.75, 3.05) is 25.6 Å². The molecule has 0 amide bonds. The third-order valence-electron chi connectivity index (χ3n) is 5.11. The van der Waals surface area contributed by atoms with Crippen LogP contribution in [0.4, 0.5) is 10.3 Å². The van der Waals surface area contributed by atoms with Gasteiger partial charge in [-0.3, -0.25) is 4.79 Å². The lowest BCUT2D eigenvalue weighted by Crippen LogP contribution is -2.28. The molecule has 2 aromatic heterocycles. The molecule has 4 rings (SSSR count). The van der Waals surface area contributed by atoms with E-state index in [2.05, 4.69) is 25.0 Å². The highest BCUT2D eigenvalue weighted by molar-refractivity contribution is 6.33. The molecule has 0 unspecified atom stereocenters. The number of nitrogens with zero attached hydrogens (tertiary/aromatic N) is 4. The van der Waals surface area contributed by atoms with E-state index in [4.69, 9.17) is 21.1 Å². The molecule has 0 spiro atoms. The molecule has 0 atom stereocenters. The van der Waals surface area contributed by atoms with Gasteiger partial charge in [-0.05, 0) is 45.7 Å². The Morgan fingerprint density at radius 2 is 2.00 bits per heavy atom. The van der Waals surface area contributed by atoms with Crippen LogP contribution in [0, 0.1) is 12.7 Å². The second kappa shape index (κ2) is 10.7. The van der Waals surface area contributed by atoms with Crippen molar-refractivity contribution in [3.63, 3.8) is 0 Å². The van der Waals surface area contributed by atoms with Crippen LogP contribution in [0.2, 0.25) is 5.02 Å². The molecule has 3 aromatic rings. The molecule has 8 nitrogen and oxygen atoms in total. The molecule has 0 radical (unpaired) electrons. The van der Waals surface area contributed by atoms with Crippen LogP contribution in [0.5, 0.6) is 0 Å². The van der Waals surface area contributed by atoms with E-state index in [0.29, 0.717) is 34.2 Å². The van der Waals surface area contributed by atoms with Crippen LogP contribution in [0.1, 0.15) is 38.6 Å². The van der Waals surface area contributed by atoms with Crippen LogP contribution in [-0.4, -0.2) is 52.4 Å². The van der Waals surface area contributed by atoms with Crippen molar-refractivity contribution in [3.05, 3.63) is 35.0 Å². The zero-order valence-corrected chi connectivity index (χ0v) is 19.3. The monoisotopic (exact) mass is 463 g/mol. The minimum Gasteiger partial charge on any atom is -0.471 e. The van der Waals surface area contributed by atoms with Gasteiger partial charge in [0, 0.05) is 30.9 Å². The Hall–Kier alpha value is -2.78. The smallest absolute Gasteiger partial charge is 0.292 e. The minimum absolute atomic E-state index is 0.159. The van der Waals surface area contributed by atoms with E-state index in [1.54, 1.807) is 6.20 Å². The molecule has 1 aromatic carbocycles. The van der Waals surface area contributed by atoms with Gasteiger partial charge in [0.2, 0.25) is 5.95 Å². The van der Waals surface area contributed by atoms with Crippen molar-refractivity contribution >= 4 is 35.1 Å². The number of halogens is 2. The van der Waals surface area contributed by atoms with Gasteiger partial charge in [-0.1, -0.05) is 11.6 Å². The Morgan fingerprint density at radius 3 is 2.62 bits per heavy atom. The standard InChI is InChI=1S/C20H23ClFN5O.C2H4O2/c1-11(2)27-12(3)24-19-16(22)8-13(9-17(19)27)18-15(21)10-23-20(26-18)25-14-4-6-28-7-5-14;1-4-2-3/h8-11,14H,4-7H2,1-3H3,(H,23,25,26);2H,1H3. The highest BCUT2D eigenvalue weighted by Crippen LogP contribution is 2.32. The predicted octanol–water partition coefficient (Wildman–Crippen LogP) is 4.56. The maximum Gasteiger partial charge on any atom is 0.292 e. The van der Waals surface area contributed by atoms with Gasteiger partial charge in [0.05, 0.1) is 29.5 Å². The van der Waals surface area contributed by atoms with Crippen LogP contribution < -0.4 is 5.32 Å². The molecule has 1 fully saturated rings. The van der Waals surface area contributed by atoms with Crippen molar-refractivity contribution < 1.29 is 18.7 Å². The maximum atomic E-state index is 14.8. The van der Waals surface area contributed by atoms with E-state index in [0.717, 1.165) is 37.4 Å². The van der Waals surface area contributed by atoms with Gasteiger partial charge in [-0.15, -0.1) is 0 Å². The lowest BCUT2D eigenvalue weighted by atomic mass is 10.1. The Bertz CT molecular complexity index is 1080. The first-order chi connectivity index (χ1) is 15.3. The fraction of sp³-hybridized carbons (Fsp3) is 0.455. The topological polar surface area (TPSA) is 91.2 Å². The van der Waals surface area contributed by atoms with Crippen LogP contribution in [0.3, 0.4) is 0 Å². The quantitative estimate of drug-likeness (QED) is 0.555. The highest BCUT2D eigenvalue weighted by Gasteiger charge is 2.19. The number of fused-ring (bicyclic) bond motifs is 1. The minimum atomic E-state index is -0.386. The Labute approximate surface area is 191 Å². The number of anilines is 1. The summed E-state index contributed by atoms with van der Waals surface area (Å²) in [6, 6.07) is 3.75. The van der Waals surface area contributed by atoms with E-state index in [1.807, 2.05) is 31.4 Å². The summed E-state index contributed by atoms with van der Waals surface area (Å²) in [5, 5.41) is 3.71. The molecule has 0 aliphatic carbocycles. The molecular weight excluding hydrogens is 437 g/mol. The molecule has 32 heavy (non-hydrogen) atoms. The van der Waals surface area contributed by atoms with Gasteiger partial charge >= 0.3 is 0 Å². The Morgan fingerprint density at radius 1 is 1.31 bits per heavy atom. The molecule has 0 saturated carbocycles. The van der Waals surface area contributed by atoms with Crippen molar-refractivity contribution in [1.82, 2.24) is 19.5 Å². The maximum absolute atomic E-state index is 14.8. The van der Waals surface area contributed by atoms with Gasteiger partial charge in [0.1, 0.15) is 11.3 Å². The first-order valence-corrected chi connectivity index (χ1v) is 10.7. The first kappa shape index (κ1) is 23.9. The third kappa shape index (κ3) is 5.34. The Balaban J connectivity index is 0.000000668. The second-order valence-corrected chi connectivity index (χ2v) is 8.11. The summed E-state index contributed by atoms with van der Waals surface area (Å²) < 4.78 is 26.1. The number of aromatic nitrogens is 4. The van der Waals surface area contributed by atoms with E-state index in [9.17, 15) is 4.39 Å². The van der Waals surface area contributed by atoms with E-state index >= 15 is 0 Å². The predicted molar refractivity (Wildman–Crippen MR) is 121 cm³/mol. The number of ether oxygens (including phenoxy) is 2. The number of hydrogen-bond donors (Lipinski definition) is 1. The van der Waals surface area contributed by atoms with Crippen LogP contribution >= 0.6 is 11.6 Å². The molecule has 1 aliphatic rings.